The molecule has 0 unspecified atom stereocenters. The number of thiophene rings is 1. The maximum Gasteiger partial charge on any atom is 0.135 e. The summed E-state index contributed by atoms with van der Waals surface area (Å²) < 4.78 is 2.43. The first-order valence-corrected chi connectivity index (χ1v) is 12.0. The van der Waals surface area contributed by atoms with Gasteiger partial charge in [-0.15, -0.1) is 11.3 Å². The van der Waals surface area contributed by atoms with Gasteiger partial charge in [0.05, 0.1) is 15.9 Å². The van der Waals surface area contributed by atoms with Crippen molar-refractivity contribution in [1.29, 1.82) is 0 Å². The number of fused-ring (bicyclic) bond motifs is 6. The summed E-state index contributed by atoms with van der Waals surface area (Å²) >= 11 is 1.80. The summed E-state index contributed by atoms with van der Waals surface area (Å²) in [5.74, 6) is 0.893. The molecule has 3 aromatic carbocycles. The van der Waals surface area contributed by atoms with E-state index in [2.05, 4.69) is 101 Å². The lowest BCUT2D eigenvalue weighted by atomic mass is 9.82. The molecule has 0 atom stereocenters. The Hall–Kier alpha value is -3.04. The van der Waals surface area contributed by atoms with Gasteiger partial charge in [0.2, 0.25) is 0 Å². The highest BCUT2D eigenvalue weighted by Gasteiger charge is 2.35. The molecule has 1 aliphatic rings. The lowest BCUT2D eigenvalue weighted by Crippen LogP contribution is -2.16. The first-order valence-electron chi connectivity index (χ1n) is 11.2. The molecule has 2 nitrogen and oxygen atoms in total. The zero-order valence-electron chi connectivity index (χ0n) is 19.2. The highest BCUT2D eigenvalue weighted by Crippen LogP contribution is 2.50. The van der Waals surface area contributed by atoms with Gasteiger partial charge in [0, 0.05) is 26.5 Å². The molecule has 0 saturated carbocycles. The molecule has 2 heterocycles. The van der Waals surface area contributed by atoms with Crippen LogP contribution in [0.2, 0.25) is 0 Å². The van der Waals surface area contributed by atoms with Gasteiger partial charge < -0.3 is 0 Å². The highest BCUT2D eigenvalue weighted by atomic mass is 32.1. The van der Waals surface area contributed by atoms with Gasteiger partial charge in [-0.3, -0.25) is 0 Å². The summed E-state index contributed by atoms with van der Waals surface area (Å²) in [6, 6.07) is 24.3. The Kier molecular flexibility index (Phi) is 3.98. The lowest BCUT2D eigenvalue weighted by Gasteiger charge is -2.21. The van der Waals surface area contributed by atoms with Gasteiger partial charge in [-0.1, -0.05) is 89.2 Å². The molecule has 0 fully saturated rings. The van der Waals surface area contributed by atoms with Crippen LogP contribution in [0.5, 0.6) is 0 Å². The topological polar surface area (TPSA) is 25.8 Å². The van der Waals surface area contributed by atoms with E-state index < -0.39 is 0 Å². The molecule has 5 aromatic rings. The van der Waals surface area contributed by atoms with E-state index in [4.69, 9.17) is 9.97 Å². The van der Waals surface area contributed by atoms with E-state index in [1.807, 2.05) is 0 Å². The fourth-order valence-electron chi connectivity index (χ4n) is 4.99. The maximum absolute atomic E-state index is 5.15. The third-order valence-electron chi connectivity index (χ3n) is 6.75. The normalized spacial score (nSPS) is 14.7. The Balaban J connectivity index is 1.67. The van der Waals surface area contributed by atoms with Crippen LogP contribution in [-0.4, -0.2) is 9.97 Å². The summed E-state index contributed by atoms with van der Waals surface area (Å²) in [5.41, 5.74) is 8.63. The van der Waals surface area contributed by atoms with Crippen molar-refractivity contribution in [3.8, 4) is 22.4 Å². The largest absolute Gasteiger partial charge is 0.231 e. The minimum absolute atomic E-state index is 0.0135. The molecule has 2 aromatic heterocycles. The molecule has 0 spiro atoms. The molecule has 0 N–H and O–H groups in total. The highest BCUT2D eigenvalue weighted by molar-refractivity contribution is 7.26. The van der Waals surface area contributed by atoms with E-state index in [9.17, 15) is 0 Å². The van der Waals surface area contributed by atoms with Crippen LogP contribution < -0.4 is 0 Å². The first kappa shape index (κ1) is 19.6. The van der Waals surface area contributed by atoms with Gasteiger partial charge in [0.15, 0.2) is 0 Å². The van der Waals surface area contributed by atoms with Crippen LogP contribution >= 0.6 is 11.3 Å². The van der Waals surface area contributed by atoms with Gasteiger partial charge in [-0.05, 0) is 34.4 Å². The van der Waals surface area contributed by atoms with Crippen molar-refractivity contribution in [2.24, 2.45) is 0 Å². The van der Waals surface area contributed by atoms with Crippen LogP contribution in [-0.2, 0) is 10.8 Å². The summed E-state index contributed by atoms with van der Waals surface area (Å²) in [4.78, 5) is 10.2. The van der Waals surface area contributed by atoms with Crippen molar-refractivity contribution < 1.29 is 0 Å². The quantitative estimate of drug-likeness (QED) is 0.266. The summed E-state index contributed by atoms with van der Waals surface area (Å²) in [6.07, 6.45) is 0. The molecule has 32 heavy (non-hydrogen) atoms. The summed E-state index contributed by atoms with van der Waals surface area (Å²) in [6.45, 7) is 11.2. The molecule has 0 saturated heterocycles. The second-order valence-corrected chi connectivity index (χ2v) is 11.4. The van der Waals surface area contributed by atoms with Crippen LogP contribution in [0.25, 0.3) is 42.7 Å². The van der Waals surface area contributed by atoms with Crippen molar-refractivity contribution in [3.63, 3.8) is 0 Å². The van der Waals surface area contributed by atoms with Gasteiger partial charge in [0.25, 0.3) is 0 Å². The van der Waals surface area contributed by atoms with Gasteiger partial charge in [-0.25, -0.2) is 9.97 Å². The first-order chi connectivity index (χ1) is 15.2. The van der Waals surface area contributed by atoms with Crippen molar-refractivity contribution in [1.82, 2.24) is 9.97 Å². The number of hydrogen-bond donors (Lipinski definition) is 0. The second kappa shape index (κ2) is 6.49. The molecule has 0 aliphatic heterocycles. The molecule has 0 bridgehead atoms. The van der Waals surface area contributed by atoms with Crippen LogP contribution in [0, 0.1) is 0 Å². The van der Waals surface area contributed by atoms with E-state index in [0.717, 1.165) is 17.0 Å². The Morgan fingerprint density at radius 2 is 1.50 bits per heavy atom. The Labute approximate surface area is 193 Å². The van der Waals surface area contributed by atoms with Crippen molar-refractivity contribution in [2.45, 2.75) is 45.4 Å². The van der Waals surface area contributed by atoms with Crippen molar-refractivity contribution >= 4 is 31.6 Å². The third kappa shape index (κ3) is 2.70. The Morgan fingerprint density at radius 1 is 0.781 bits per heavy atom. The van der Waals surface area contributed by atoms with E-state index in [1.165, 1.54) is 42.6 Å². The van der Waals surface area contributed by atoms with E-state index in [-0.39, 0.29) is 10.8 Å². The van der Waals surface area contributed by atoms with Crippen molar-refractivity contribution in [2.75, 3.05) is 0 Å². The Morgan fingerprint density at radius 3 is 2.31 bits per heavy atom. The van der Waals surface area contributed by atoms with Crippen molar-refractivity contribution in [3.05, 3.63) is 83.7 Å². The van der Waals surface area contributed by atoms with Crippen LogP contribution in [0.4, 0.5) is 0 Å². The third-order valence-corrected chi connectivity index (χ3v) is 7.91. The smallest absolute Gasteiger partial charge is 0.135 e. The maximum atomic E-state index is 5.15. The number of hydrogen-bond acceptors (Lipinski definition) is 3. The lowest BCUT2D eigenvalue weighted by molar-refractivity contribution is 0.549. The number of rotatable bonds is 1. The molecule has 0 amide bonds. The molecule has 6 rings (SSSR count). The number of nitrogens with zero attached hydrogens (tertiary/aromatic N) is 2. The summed E-state index contributed by atoms with van der Waals surface area (Å²) in [7, 11) is 0. The van der Waals surface area contributed by atoms with Gasteiger partial charge in [0.1, 0.15) is 5.82 Å². The number of benzene rings is 3. The zero-order valence-corrected chi connectivity index (χ0v) is 20.0. The van der Waals surface area contributed by atoms with Gasteiger partial charge >= 0.3 is 0 Å². The number of aromatic nitrogens is 2. The predicted octanol–water partition coefficient (Wildman–Crippen LogP) is 8.12. The molecular formula is C29H26N2S. The van der Waals surface area contributed by atoms with Gasteiger partial charge in [-0.2, -0.15) is 0 Å². The fourth-order valence-corrected chi connectivity index (χ4v) is 6.14. The Bertz CT molecular complexity index is 1530. The average molecular weight is 435 g/mol. The van der Waals surface area contributed by atoms with E-state index in [0.29, 0.717) is 0 Å². The molecule has 158 valence electrons. The molecule has 1 aliphatic carbocycles. The summed E-state index contributed by atoms with van der Waals surface area (Å²) in [5, 5.41) is 1.22. The molecule has 3 heteroatoms. The predicted molar refractivity (Wildman–Crippen MR) is 137 cm³/mol. The van der Waals surface area contributed by atoms with E-state index in [1.54, 1.807) is 11.3 Å². The minimum atomic E-state index is -0.128. The van der Waals surface area contributed by atoms with Crippen LogP contribution in [0.3, 0.4) is 0 Å². The van der Waals surface area contributed by atoms with E-state index >= 15 is 0 Å². The van der Waals surface area contributed by atoms with Crippen LogP contribution in [0.15, 0.2) is 66.7 Å². The average Bonchev–Trinajstić information content (AvgIpc) is 3.26. The zero-order chi connectivity index (χ0) is 22.3. The fraction of sp³-hybridized carbons (Fsp3) is 0.241. The SMILES string of the molecule is CC(C)(C)c1nc(-c2ccc3c(c2)-c2ccccc2C3(C)C)c2sc3ccccc3c2n1. The molecular weight excluding hydrogens is 408 g/mol. The monoisotopic (exact) mass is 434 g/mol. The van der Waals surface area contributed by atoms with Crippen LogP contribution in [0.1, 0.15) is 51.6 Å². The molecule has 0 radical (unpaired) electrons. The standard InChI is InChI=1S/C29H26N2S/c1-28(2,3)27-30-24(26-25(31-27)19-11-7-9-13-23(19)32-26)17-14-15-22-20(16-17)18-10-6-8-12-21(18)29(22,4)5/h6-16H,1-5H3. The second-order valence-electron chi connectivity index (χ2n) is 10.4. The minimum Gasteiger partial charge on any atom is -0.231 e.